The average Bonchev–Trinajstić information content (AvgIpc) is 1.27. The number of aliphatic hydroxyl groups excluding tert-OH is 1. The number of rotatable bonds is 1. The van der Waals surface area contributed by atoms with Gasteiger partial charge in [0, 0.05) is 6.08 Å². The maximum atomic E-state index is 11.3. The van der Waals surface area contributed by atoms with Crippen LogP contribution in [0.5, 0.6) is 0 Å². The summed E-state index contributed by atoms with van der Waals surface area (Å²) in [5.41, 5.74) is 0. The van der Waals surface area contributed by atoms with E-state index in [9.17, 15) is 4.39 Å². The Morgan fingerprint density at radius 3 is 2.29 bits per heavy atom. The van der Waals surface area contributed by atoms with Gasteiger partial charge >= 0.3 is 0 Å². The summed E-state index contributed by atoms with van der Waals surface area (Å²) in [5.74, 6) is -1.31. The van der Waals surface area contributed by atoms with Crippen molar-refractivity contribution in [3.8, 4) is 0 Å². The fourth-order valence-electron chi connectivity index (χ4n) is 0.183. The molecule has 0 bridgehead atoms. The Bertz CT molecular complexity index is 104. The normalized spacial score (nSPS) is 11.4. The minimum atomic E-state index is -1.12. The van der Waals surface area contributed by atoms with Crippen LogP contribution in [0.4, 0.5) is 4.39 Å². The zero-order valence-electron chi connectivity index (χ0n) is 3.90. The van der Waals surface area contributed by atoms with Gasteiger partial charge in [-0.1, -0.05) is 0 Å². The highest BCUT2D eigenvalue weighted by atomic mass is 19.1. The van der Waals surface area contributed by atoms with Gasteiger partial charge in [0.2, 0.25) is 5.97 Å². The monoisotopic (exact) mass is 103 g/mol. The van der Waals surface area contributed by atoms with E-state index in [1.54, 1.807) is 0 Å². The van der Waals surface area contributed by atoms with E-state index in [4.69, 9.17) is 10.5 Å². The summed E-state index contributed by atoms with van der Waals surface area (Å²) in [5, 5.41) is 14.3. The van der Waals surface area contributed by atoms with Gasteiger partial charge in [0.05, 0.1) is 5.76 Å². The van der Waals surface area contributed by atoms with Crippen molar-refractivity contribution in [1.82, 2.24) is 0 Å². The Morgan fingerprint density at radius 2 is 2.29 bits per heavy atom. The first-order chi connectivity index (χ1) is 3.13. The summed E-state index contributed by atoms with van der Waals surface area (Å²) < 4.78 is 11.3. The first kappa shape index (κ1) is 6.14. The highest BCUT2D eigenvalue weighted by Crippen LogP contribution is 1.84. The van der Waals surface area contributed by atoms with Crippen molar-refractivity contribution in [2.75, 3.05) is 0 Å². The van der Waals surface area contributed by atoms with Gasteiger partial charge in [0.1, 0.15) is 0 Å². The highest BCUT2D eigenvalue weighted by molar-refractivity contribution is 5.83. The molecule has 40 valence electrons. The van der Waals surface area contributed by atoms with E-state index in [-0.39, 0.29) is 5.76 Å². The lowest BCUT2D eigenvalue weighted by atomic mass is 10.5. The molecule has 0 aliphatic rings. The second kappa shape index (κ2) is 2.34. The van der Waals surface area contributed by atoms with Crippen LogP contribution in [-0.2, 0) is 0 Å². The standard InChI is InChI=1S/C4H6FNO/c1-3(7)2-4(5)6/h2,6-7H,1H3/b3-2+,6-4?. The first-order valence-electron chi connectivity index (χ1n) is 1.74. The molecule has 0 rings (SSSR count). The summed E-state index contributed by atoms with van der Waals surface area (Å²) in [4.78, 5) is 0. The van der Waals surface area contributed by atoms with Gasteiger partial charge in [0.25, 0.3) is 0 Å². The van der Waals surface area contributed by atoms with Crippen molar-refractivity contribution in [1.29, 1.82) is 5.41 Å². The molecular weight excluding hydrogens is 97.0 g/mol. The Kier molecular flexibility index (Phi) is 2.05. The molecule has 0 unspecified atom stereocenters. The molecule has 0 aromatic carbocycles. The highest BCUT2D eigenvalue weighted by Gasteiger charge is 1.83. The number of hydrogen-bond donors (Lipinski definition) is 2. The van der Waals surface area contributed by atoms with Crippen molar-refractivity contribution in [3.63, 3.8) is 0 Å². The lowest BCUT2D eigenvalue weighted by molar-refractivity contribution is 0.414. The zero-order valence-corrected chi connectivity index (χ0v) is 3.90. The van der Waals surface area contributed by atoms with Gasteiger partial charge in [-0.15, -0.1) is 0 Å². The molecule has 0 heterocycles. The predicted molar refractivity (Wildman–Crippen MR) is 25.2 cm³/mol. The third kappa shape index (κ3) is 5.14. The topological polar surface area (TPSA) is 44.1 Å². The smallest absolute Gasteiger partial charge is 0.208 e. The van der Waals surface area contributed by atoms with E-state index < -0.39 is 5.97 Å². The largest absolute Gasteiger partial charge is 0.512 e. The van der Waals surface area contributed by atoms with Crippen LogP contribution >= 0.6 is 0 Å². The fourth-order valence-corrected chi connectivity index (χ4v) is 0.183. The SMILES string of the molecule is C/C(O)=C\C(=N)F. The Balaban J connectivity index is 3.68. The molecule has 0 spiro atoms. The molecule has 0 aliphatic heterocycles. The minimum Gasteiger partial charge on any atom is -0.512 e. The third-order valence-corrected chi connectivity index (χ3v) is 0.336. The summed E-state index contributed by atoms with van der Waals surface area (Å²) in [6.45, 7) is 1.30. The molecule has 0 aromatic rings. The van der Waals surface area contributed by atoms with Gasteiger partial charge in [-0.05, 0) is 6.92 Å². The van der Waals surface area contributed by atoms with Crippen molar-refractivity contribution in [2.45, 2.75) is 6.92 Å². The Labute approximate surface area is 40.8 Å². The summed E-state index contributed by atoms with van der Waals surface area (Å²) in [7, 11) is 0. The lowest BCUT2D eigenvalue weighted by Gasteiger charge is -1.80. The van der Waals surface area contributed by atoms with E-state index in [0.717, 1.165) is 6.08 Å². The molecule has 0 saturated carbocycles. The van der Waals surface area contributed by atoms with Crippen molar-refractivity contribution in [3.05, 3.63) is 11.8 Å². The molecule has 3 heteroatoms. The molecule has 0 amide bonds. The molecular formula is C4H6FNO. The van der Waals surface area contributed by atoms with Crippen LogP contribution in [0.2, 0.25) is 0 Å². The molecule has 0 fully saturated rings. The Hall–Kier alpha value is -0.860. The summed E-state index contributed by atoms with van der Waals surface area (Å²) in [6, 6.07) is 0. The molecule has 0 aliphatic carbocycles. The zero-order chi connectivity index (χ0) is 5.86. The molecule has 0 aromatic heterocycles. The van der Waals surface area contributed by atoms with Crippen LogP contribution in [0.25, 0.3) is 0 Å². The van der Waals surface area contributed by atoms with Crippen LogP contribution in [0.3, 0.4) is 0 Å². The maximum Gasteiger partial charge on any atom is 0.208 e. The van der Waals surface area contributed by atoms with E-state index in [2.05, 4.69) is 0 Å². The maximum absolute atomic E-state index is 11.3. The number of aliphatic hydroxyl groups is 1. The van der Waals surface area contributed by atoms with Crippen LogP contribution in [0, 0.1) is 5.41 Å². The molecule has 0 saturated heterocycles. The van der Waals surface area contributed by atoms with Gasteiger partial charge in [-0.3, -0.25) is 5.41 Å². The van der Waals surface area contributed by atoms with Crippen molar-refractivity contribution in [2.24, 2.45) is 0 Å². The number of nitrogens with one attached hydrogen (secondary N) is 1. The number of allylic oxidation sites excluding steroid dienone is 2. The predicted octanol–water partition coefficient (Wildman–Crippen LogP) is 1.39. The van der Waals surface area contributed by atoms with Crippen LogP contribution in [0.1, 0.15) is 6.92 Å². The summed E-state index contributed by atoms with van der Waals surface area (Å²) >= 11 is 0. The van der Waals surface area contributed by atoms with Gasteiger partial charge in [-0.2, -0.15) is 4.39 Å². The lowest BCUT2D eigenvalue weighted by Crippen LogP contribution is -1.78. The van der Waals surface area contributed by atoms with E-state index >= 15 is 0 Å². The van der Waals surface area contributed by atoms with Crippen molar-refractivity contribution < 1.29 is 9.50 Å². The van der Waals surface area contributed by atoms with Gasteiger partial charge in [-0.25, -0.2) is 0 Å². The number of halogens is 1. The van der Waals surface area contributed by atoms with Crippen molar-refractivity contribution >= 4 is 5.97 Å². The third-order valence-electron chi connectivity index (χ3n) is 0.336. The van der Waals surface area contributed by atoms with E-state index in [0.29, 0.717) is 0 Å². The molecule has 0 radical (unpaired) electrons. The molecule has 0 atom stereocenters. The quantitative estimate of drug-likeness (QED) is 0.382. The van der Waals surface area contributed by atoms with Gasteiger partial charge < -0.3 is 5.11 Å². The molecule has 7 heavy (non-hydrogen) atoms. The minimum absolute atomic E-state index is 0.187. The van der Waals surface area contributed by atoms with E-state index in [1.807, 2.05) is 0 Å². The van der Waals surface area contributed by atoms with Crippen LogP contribution < -0.4 is 0 Å². The summed E-state index contributed by atoms with van der Waals surface area (Å²) in [6.07, 6.45) is 0.722. The number of hydrogen-bond acceptors (Lipinski definition) is 2. The van der Waals surface area contributed by atoms with E-state index in [1.165, 1.54) is 6.92 Å². The molecule has 2 N–H and O–H groups in total. The van der Waals surface area contributed by atoms with Crippen LogP contribution in [-0.4, -0.2) is 11.1 Å². The molecule has 2 nitrogen and oxygen atoms in total. The Morgan fingerprint density at radius 1 is 1.86 bits per heavy atom. The average molecular weight is 103 g/mol. The second-order valence-corrected chi connectivity index (χ2v) is 1.13. The van der Waals surface area contributed by atoms with Crippen LogP contribution in [0.15, 0.2) is 11.8 Å². The first-order valence-corrected chi connectivity index (χ1v) is 1.74. The second-order valence-electron chi connectivity index (χ2n) is 1.13. The van der Waals surface area contributed by atoms with Gasteiger partial charge in [0.15, 0.2) is 0 Å². The fraction of sp³-hybridized carbons (Fsp3) is 0.250.